The summed E-state index contributed by atoms with van der Waals surface area (Å²) in [5.74, 6) is -1.66. The maximum absolute atomic E-state index is 12.1. The Morgan fingerprint density at radius 3 is 2.10 bits per heavy atom. The van der Waals surface area contributed by atoms with Gasteiger partial charge >= 0.3 is 24.4 Å². The first-order valence-corrected chi connectivity index (χ1v) is 5.36. The van der Waals surface area contributed by atoms with Gasteiger partial charge in [-0.2, -0.15) is 26.3 Å². The fourth-order valence-electron chi connectivity index (χ4n) is 1.11. The van der Waals surface area contributed by atoms with E-state index in [4.69, 9.17) is 5.11 Å². The van der Waals surface area contributed by atoms with Gasteiger partial charge in [-0.3, -0.25) is 4.79 Å². The number of carbonyl (C=O) groups excluding carboxylic acids is 1. The monoisotopic (exact) mass is 326 g/mol. The molecular formula is C9H12F6N2O4. The summed E-state index contributed by atoms with van der Waals surface area (Å²) >= 11 is 0. The van der Waals surface area contributed by atoms with Gasteiger partial charge in [0.15, 0.2) is 0 Å². The van der Waals surface area contributed by atoms with Crippen molar-refractivity contribution in [3.63, 3.8) is 0 Å². The minimum atomic E-state index is -4.81. The van der Waals surface area contributed by atoms with Gasteiger partial charge in [0, 0.05) is 6.54 Å². The normalized spacial score (nSPS) is 12.1. The zero-order chi connectivity index (χ0) is 16.7. The Morgan fingerprint density at radius 2 is 1.67 bits per heavy atom. The van der Waals surface area contributed by atoms with Crippen molar-refractivity contribution in [2.24, 2.45) is 0 Å². The lowest BCUT2D eigenvalue weighted by molar-refractivity contribution is -0.173. The van der Waals surface area contributed by atoms with Crippen LogP contribution in [-0.2, 0) is 9.53 Å². The van der Waals surface area contributed by atoms with E-state index in [1.807, 2.05) is 5.32 Å². The molecule has 0 unspecified atom stereocenters. The SMILES string of the molecule is O=C(O)CN(CC(F)(F)F)C(=O)NCCOCC(F)(F)F. The zero-order valence-electron chi connectivity index (χ0n) is 10.4. The van der Waals surface area contributed by atoms with Crippen molar-refractivity contribution < 1.29 is 45.8 Å². The molecule has 0 aromatic heterocycles. The van der Waals surface area contributed by atoms with Crippen molar-refractivity contribution in [1.29, 1.82) is 0 Å². The third-order valence-electron chi connectivity index (χ3n) is 1.77. The molecule has 0 bridgehead atoms. The largest absolute Gasteiger partial charge is 0.480 e. The number of carbonyl (C=O) groups is 2. The summed E-state index contributed by atoms with van der Waals surface area (Å²) in [7, 11) is 0. The molecule has 0 aromatic carbocycles. The molecule has 0 saturated carbocycles. The number of nitrogens with one attached hydrogen (secondary N) is 1. The predicted octanol–water partition coefficient (Wildman–Crippen LogP) is 1.22. The van der Waals surface area contributed by atoms with Crippen LogP contribution < -0.4 is 5.32 Å². The molecule has 6 nitrogen and oxygen atoms in total. The second-order valence-electron chi connectivity index (χ2n) is 3.76. The first kappa shape index (κ1) is 19.3. The van der Waals surface area contributed by atoms with E-state index in [0.717, 1.165) is 0 Å². The van der Waals surface area contributed by atoms with Gasteiger partial charge in [-0.15, -0.1) is 0 Å². The Bertz CT molecular complexity index is 357. The number of nitrogens with zero attached hydrogens (tertiary/aromatic N) is 1. The number of ether oxygens (including phenoxy) is 1. The van der Waals surface area contributed by atoms with Crippen LogP contribution in [0, 0.1) is 0 Å². The molecule has 0 fully saturated rings. The number of hydrogen-bond donors (Lipinski definition) is 2. The van der Waals surface area contributed by atoms with E-state index in [-0.39, 0.29) is 4.90 Å². The van der Waals surface area contributed by atoms with Crippen molar-refractivity contribution in [1.82, 2.24) is 10.2 Å². The molecule has 0 radical (unpaired) electrons. The van der Waals surface area contributed by atoms with E-state index in [1.54, 1.807) is 0 Å². The van der Waals surface area contributed by atoms with Gasteiger partial charge in [0.1, 0.15) is 19.7 Å². The molecular weight excluding hydrogens is 314 g/mol. The van der Waals surface area contributed by atoms with Crippen LogP contribution in [0.1, 0.15) is 0 Å². The molecule has 2 amide bonds. The Labute approximate surface area is 114 Å². The number of halogens is 6. The van der Waals surface area contributed by atoms with Crippen molar-refractivity contribution in [3.8, 4) is 0 Å². The maximum Gasteiger partial charge on any atom is 0.411 e. The highest BCUT2D eigenvalue weighted by atomic mass is 19.4. The molecule has 21 heavy (non-hydrogen) atoms. The average molecular weight is 326 g/mol. The topological polar surface area (TPSA) is 78.9 Å². The first-order valence-electron chi connectivity index (χ1n) is 5.36. The summed E-state index contributed by atoms with van der Waals surface area (Å²) < 4.78 is 75.6. The van der Waals surface area contributed by atoms with Crippen LogP contribution in [0.5, 0.6) is 0 Å². The fraction of sp³-hybridized carbons (Fsp3) is 0.778. The summed E-state index contributed by atoms with van der Waals surface area (Å²) in [5.41, 5.74) is 0. The zero-order valence-corrected chi connectivity index (χ0v) is 10.4. The van der Waals surface area contributed by atoms with E-state index in [2.05, 4.69) is 4.74 Å². The second kappa shape index (κ2) is 7.90. The summed E-state index contributed by atoms with van der Waals surface area (Å²) in [6, 6.07) is -1.37. The molecule has 0 spiro atoms. The predicted molar refractivity (Wildman–Crippen MR) is 55.5 cm³/mol. The van der Waals surface area contributed by atoms with E-state index in [9.17, 15) is 35.9 Å². The van der Waals surface area contributed by atoms with E-state index in [0.29, 0.717) is 0 Å². The third kappa shape index (κ3) is 11.8. The van der Waals surface area contributed by atoms with Crippen molar-refractivity contribution in [2.45, 2.75) is 12.4 Å². The highest BCUT2D eigenvalue weighted by Gasteiger charge is 2.34. The molecule has 12 heteroatoms. The van der Waals surface area contributed by atoms with Crippen LogP contribution in [0.4, 0.5) is 31.1 Å². The average Bonchev–Trinajstić information content (AvgIpc) is 2.23. The molecule has 124 valence electrons. The van der Waals surface area contributed by atoms with E-state index < -0.39 is 57.2 Å². The lowest BCUT2D eigenvalue weighted by Gasteiger charge is -2.22. The Balaban J connectivity index is 4.20. The summed E-state index contributed by atoms with van der Waals surface area (Å²) in [6.45, 7) is -5.64. The van der Waals surface area contributed by atoms with Crippen molar-refractivity contribution in [2.75, 3.05) is 32.8 Å². The lowest BCUT2D eigenvalue weighted by atomic mass is 10.4. The van der Waals surface area contributed by atoms with Crippen LogP contribution in [0.2, 0.25) is 0 Å². The van der Waals surface area contributed by atoms with Crippen LogP contribution in [0.3, 0.4) is 0 Å². The van der Waals surface area contributed by atoms with Gasteiger partial charge < -0.3 is 20.1 Å². The molecule has 0 rings (SSSR count). The minimum Gasteiger partial charge on any atom is -0.480 e. The number of rotatable bonds is 7. The number of urea groups is 1. The molecule has 0 aromatic rings. The van der Waals surface area contributed by atoms with Crippen LogP contribution in [0.15, 0.2) is 0 Å². The molecule has 0 aliphatic rings. The highest BCUT2D eigenvalue weighted by molar-refractivity contribution is 5.80. The standard InChI is InChI=1S/C9H12F6N2O4/c10-8(11,12)4-17(3-6(18)19)7(20)16-1-2-21-5-9(13,14)15/h1-5H2,(H,16,20)(H,18,19). The van der Waals surface area contributed by atoms with Crippen LogP contribution in [-0.4, -0.2) is 67.2 Å². The van der Waals surface area contributed by atoms with Crippen molar-refractivity contribution >= 4 is 12.0 Å². The molecule has 2 N–H and O–H groups in total. The van der Waals surface area contributed by atoms with Gasteiger partial charge in [0.25, 0.3) is 0 Å². The Morgan fingerprint density at radius 1 is 1.10 bits per heavy atom. The van der Waals surface area contributed by atoms with Crippen LogP contribution in [0.25, 0.3) is 0 Å². The summed E-state index contributed by atoms with van der Waals surface area (Å²) in [4.78, 5) is 21.6. The van der Waals surface area contributed by atoms with Crippen molar-refractivity contribution in [3.05, 3.63) is 0 Å². The highest BCUT2D eigenvalue weighted by Crippen LogP contribution is 2.16. The quantitative estimate of drug-likeness (QED) is 0.545. The molecule has 0 heterocycles. The van der Waals surface area contributed by atoms with Gasteiger partial charge in [-0.1, -0.05) is 0 Å². The Kier molecular flexibility index (Phi) is 7.26. The number of alkyl halides is 6. The Hall–Kier alpha value is -1.72. The van der Waals surface area contributed by atoms with Gasteiger partial charge in [0.2, 0.25) is 0 Å². The number of carboxylic acids is 1. The van der Waals surface area contributed by atoms with Gasteiger partial charge in [0.05, 0.1) is 6.61 Å². The number of carboxylic acid groups (broad SMARTS) is 1. The van der Waals surface area contributed by atoms with Gasteiger partial charge in [-0.05, 0) is 0 Å². The number of aliphatic carboxylic acids is 1. The lowest BCUT2D eigenvalue weighted by Crippen LogP contribution is -2.47. The van der Waals surface area contributed by atoms with E-state index >= 15 is 0 Å². The first-order chi connectivity index (χ1) is 9.41. The fourth-order valence-corrected chi connectivity index (χ4v) is 1.11. The summed E-state index contributed by atoms with van der Waals surface area (Å²) in [6.07, 6.45) is -9.37. The van der Waals surface area contributed by atoms with Crippen LogP contribution >= 0.6 is 0 Å². The number of hydrogen-bond acceptors (Lipinski definition) is 3. The maximum atomic E-state index is 12.1. The molecule has 0 saturated heterocycles. The molecule has 0 aliphatic heterocycles. The van der Waals surface area contributed by atoms with E-state index in [1.165, 1.54) is 0 Å². The third-order valence-corrected chi connectivity index (χ3v) is 1.77. The smallest absolute Gasteiger partial charge is 0.411 e. The van der Waals surface area contributed by atoms with Gasteiger partial charge in [-0.25, -0.2) is 4.79 Å². The molecule has 0 aliphatic carbocycles. The summed E-state index contributed by atoms with van der Waals surface area (Å²) in [5, 5.41) is 10.2. The molecule has 0 atom stereocenters. The minimum absolute atomic E-state index is 0.0356. The second-order valence-corrected chi connectivity index (χ2v) is 3.76. The number of amides is 2.